The largest absolute Gasteiger partial charge is 0.351 e. The van der Waals surface area contributed by atoms with Gasteiger partial charge in [0.25, 0.3) is 5.91 Å². The van der Waals surface area contributed by atoms with Crippen LogP contribution in [0.25, 0.3) is 6.08 Å². The summed E-state index contributed by atoms with van der Waals surface area (Å²) in [4.78, 5) is 16.3. The van der Waals surface area contributed by atoms with E-state index in [2.05, 4.69) is 17.5 Å². The number of aryl methyl sites for hydroxylation is 1. The monoisotopic (exact) mass is 359 g/mol. The first-order valence-electron chi connectivity index (χ1n) is 9.25. The van der Waals surface area contributed by atoms with Crippen LogP contribution < -0.4 is 5.32 Å². The summed E-state index contributed by atoms with van der Waals surface area (Å²) in [6, 6.07) is 0. The first-order chi connectivity index (χ1) is 11.8. The summed E-state index contributed by atoms with van der Waals surface area (Å²) in [5, 5.41) is 3.13. The van der Waals surface area contributed by atoms with Gasteiger partial charge in [-0.3, -0.25) is 4.79 Å². The molecule has 0 unspecified atom stereocenters. The second-order valence-electron chi connectivity index (χ2n) is 6.97. The Morgan fingerprint density at radius 2 is 1.96 bits per heavy atom. The van der Waals surface area contributed by atoms with Gasteiger partial charge in [-0.05, 0) is 75.0 Å². The first-order valence-corrected chi connectivity index (χ1v) is 11.1. The second-order valence-corrected chi connectivity index (χ2v) is 9.12. The molecular formula is C20H25NOS2. The van der Waals surface area contributed by atoms with Crippen molar-refractivity contribution >= 4 is 35.1 Å². The van der Waals surface area contributed by atoms with E-state index in [0.29, 0.717) is 0 Å². The Hall–Kier alpha value is -1.00. The van der Waals surface area contributed by atoms with Gasteiger partial charge < -0.3 is 5.32 Å². The molecular weight excluding hydrogens is 334 g/mol. The maximum atomic E-state index is 12.5. The SMILES string of the molecule is O=C(NCCC1=CCCCC1)C1=Cc2sc3c(c2CS1)CCCC3. The van der Waals surface area contributed by atoms with Gasteiger partial charge in [-0.25, -0.2) is 0 Å². The van der Waals surface area contributed by atoms with E-state index in [-0.39, 0.29) is 5.91 Å². The Balaban J connectivity index is 1.38. The van der Waals surface area contributed by atoms with E-state index >= 15 is 0 Å². The van der Waals surface area contributed by atoms with E-state index < -0.39 is 0 Å². The van der Waals surface area contributed by atoms with Gasteiger partial charge in [0, 0.05) is 22.1 Å². The normalized spacial score (nSPS) is 19.8. The van der Waals surface area contributed by atoms with E-state index in [0.717, 1.165) is 23.6 Å². The molecule has 2 nitrogen and oxygen atoms in total. The van der Waals surface area contributed by atoms with Crippen LogP contribution in [0.4, 0.5) is 0 Å². The standard InChI is InChI=1S/C20H25NOS2/c22-20(21-11-10-14-6-2-1-3-7-14)19-12-18-16(13-23-19)15-8-4-5-9-17(15)24-18/h6,12H,1-5,7-11,13H2,(H,21,22). The van der Waals surface area contributed by atoms with Gasteiger partial charge in [-0.1, -0.05) is 11.6 Å². The summed E-state index contributed by atoms with van der Waals surface area (Å²) in [5.41, 5.74) is 4.65. The zero-order chi connectivity index (χ0) is 16.4. The highest BCUT2D eigenvalue weighted by molar-refractivity contribution is 8.03. The number of hydrogen-bond donors (Lipinski definition) is 1. The number of thiophene rings is 1. The summed E-state index contributed by atoms with van der Waals surface area (Å²) >= 11 is 3.65. The molecule has 0 fully saturated rings. The van der Waals surface area contributed by atoms with Crippen LogP contribution in [-0.2, 0) is 23.4 Å². The molecule has 0 bridgehead atoms. The van der Waals surface area contributed by atoms with Gasteiger partial charge in [0.05, 0.1) is 4.91 Å². The molecule has 1 aromatic rings. The molecule has 2 heterocycles. The summed E-state index contributed by atoms with van der Waals surface area (Å²) in [6.45, 7) is 0.774. The molecule has 0 saturated heterocycles. The number of carbonyl (C=O) groups is 1. The van der Waals surface area contributed by atoms with Crippen molar-refractivity contribution in [3.63, 3.8) is 0 Å². The highest BCUT2D eigenvalue weighted by Crippen LogP contribution is 2.42. The molecule has 2 aliphatic carbocycles. The van der Waals surface area contributed by atoms with Gasteiger partial charge in [-0.15, -0.1) is 23.1 Å². The summed E-state index contributed by atoms with van der Waals surface area (Å²) in [7, 11) is 0. The van der Waals surface area contributed by atoms with Crippen molar-refractivity contribution in [2.24, 2.45) is 0 Å². The lowest BCUT2D eigenvalue weighted by molar-refractivity contribution is -0.116. The van der Waals surface area contributed by atoms with E-state index in [1.54, 1.807) is 22.2 Å². The van der Waals surface area contributed by atoms with Crippen molar-refractivity contribution in [3.8, 4) is 0 Å². The van der Waals surface area contributed by atoms with E-state index in [1.807, 2.05) is 11.3 Å². The van der Waals surface area contributed by atoms with Crippen molar-refractivity contribution in [2.75, 3.05) is 6.54 Å². The molecule has 0 atom stereocenters. The van der Waals surface area contributed by atoms with Crippen molar-refractivity contribution in [3.05, 3.63) is 37.4 Å². The number of rotatable bonds is 4. The van der Waals surface area contributed by atoms with Gasteiger partial charge >= 0.3 is 0 Å². The fourth-order valence-electron chi connectivity index (χ4n) is 3.92. The quantitative estimate of drug-likeness (QED) is 0.747. The molecule has 0 spiro atoms. The number of fused-ring (bicyclic) bond motifs is 3. The van der Waals surface area contributed by atoms with E-state index in [1.165, 1.54) is 67.4 Å². The third-order valence-electron chi connectivity index (χ3n) is 5.29. The molecule has 1 aliphatic heterocycles. The predicted molar refractivity (Wildman–Crippen MR) is 104 cm³/mol. The van der Waals surface area contributed by atoms with Crippen molar-refractivity contribution in [1.82, 2.24) is 5.32 Å². The molecule has 0 radical (unpaired) electrons. The lowest BCUT2D eigenvalue weighted by Crippen LogP contribution is -2.26. The third kappa shape index (κ3) is 3.50. The first kappa shape index (κ1) is 16.5. The number of hydrogen-bond acceptors (Lipinski definition) is 3. The van der Waals surface area contributed by atoms with Crippen LogP contribution in [0.2, 0.25) is 0 Å². The van der Waals surface area contributed by atoms with Crippen molar-refractivity contribution < 1.29 is 4.79 Å². The number of allylic oxidation sites excluding steroid dienone is 1. The molecule has 1 amide bonds. The summed E-state index contributed by atoms with van der Waals surface area (Å²) in [5.74, 6) is 1.10. The van der Waals surface area contributed by atoms with Gasteiger partial charge in [-0.2, -0.15) is 0 Å². The van der Waals surface area contributed by atoms with Gasteiger partial charge in [0.15, 0.2) is 0 Å². The minimum Gasteiger partial charge on any atom is -0.351 e. The van der Waals surface area contributed by atoms with Gasteiger partial charge in [0.1, 0.15) is 0 Å². The van der Waals surface area contributed by atoms with Gasteiger partial charge in [0.2, 0.25) is 0 Å². The Kier molecular flexibility index (Phi) is 5.14. The maximum Gasteiger partial charge on any atom is 0.257 e. The molecule has 0 aromatic carbocycles. The molecule has 3 aliphatic rings. The number of nitrogens with one attached hydrogen (secondary N) is 1. The molecule has 4 heteroatoms. The molecule has 128 valence electrons. The molecule has 24 heavy (non-hydrogen) atoms. The average molecular weight is 360 g/mol. The lowest BCUT2D eigenvalue weighted by atomic mass is 9.95. The highest BCUT2D eigenvalue weighted by Gasteiger charge is 2.24. The molecule has 1 N–H and O–H groups in total. The molecule has 0 saturated carbocycles. The maximum absolute atomic E-state index is 12.5. The van der Waals surface area contributed by atoms with E-state index in [4.69, 9.17) is 0 Å². The predicted octanol–water partition coefficient (Wildman–Crippen LogP) is 5.22. The number of amides is 1. The Morgan fingerprint density at radius 1 is 1.08 bits per heavy atom. The smallest absolute Gasteiger partial charge is 0.257 e. The van der Waals surface area contributed by atoms with Crippen LogP contribution in [0.1, 0.15) is 65.8 Å². The molecule has 1 aromatic heterocycles. The van der Waals surface area contributed by atoms with Crippen molar-refractivity contribution in [2.45, 2.75) is 63.5 Å². The molecule has 4 rings (SSSR count). The lowest BCUT2D eigenvalue weighted by Gasteiger charge is -2.17. The minimum atomic E-state index is 0.119. The number of carbonyl (C=O) groups excluding carboxylic acids is 1. The van der Waals surface area contributed by atoms with E-state index in [9.17, 15) is 4.79 Å². The highest BCUT2D eigenvalue weighted by atomic mass is 32.2. The van der Waals surface area contributed by atoms with Crippen LogP contribution in [0.15, 0.2) is 16.6 Å². The summed E-state index contributed by atoms with van der Waals surface area (Å²) in [6.07, 6.45) is 15.7. The Labute approximate surface area is 152 Å². The van der Waals surface area contributed by atoms with Crippen molar-refractivity contribution in [1.29, 1.82) is 0 Å². The Bertz CT molecular complexity index is 699. The van der Waals surface area contributed by atoms with Crippen LogP contribution in [0, 0.1) is 0 Å². The Morgan fingerprint density at radius 3 is 2.83 bits per heavy atom. The fourth-order valence-corrected chi connectivity index (χ4v) is 6.48. The third-order valence-corrected chi connectivity index (χ3v) is 7.62. The van der Waals surface area contributed by atoms with Crippen LogP contribution in [0.3, 0.4) is 0 Å². The number of thioether (sulfide) groups is 1. The van der Waals surface area contributed by atoms with Crippen LogP contribution in [-0.4, -0.2) is 12.5 Å². The van der Waals surface area contributed by atoms with Crippen LogP contribution in [0.5, 0.6) is 0 Å². The second kappa shape index (κ2) is 7.49. The average Bonchev–Trinajstić information content (AvgIpc) is 3.00. The summed E-state index contributed by atoms with van der Waals surface area (Å²) < 4.78 is 0. The zero-order valence-electron chi connectivity index (χ0n) is 14.2. The minimum absolute atomic E-state index is 0.119. The van der Waals surface area contributed by atoms with Crippen LogP contribution >= 0.6 is 23.1 Å². The topological polar surface area (TPSA) is 29.1 Å². The fraction of sp³-hybridized carbons (Fsp3) is 0.550. The zero-order valence-corrected chi connectivity index (χ0v) is 15.8.